The van der Waals surface area contributed by atoms with Crippen molar-refractivity contribution in [3.8, 4) is 0 Å². The van der Waals surface area contributed by atoms with Crippen LogP contribution in [0.4, 0.5) is 11.4 Å². The molecule has 4 heteroatoms. The summed E-state index contributed by atoms with van der Waals surface area (Å²) in [6, 6.07) is 5.56. The molecule has 0 bridgehead atoms. The van der Waals surface area contributed by atoms with Gasteiger partial charge in [0.2, 0.25) is 5.91 Å². The maximum Gasteiger partial charge on any atom is 0.237 e. The third-order valence-electron chi connectivity index (χ3n) is 1.93. The second kappa shape index (κ2) is 2.96. The molecule has 1 aliphatic heterocycles. The van der Waals surface area contributed by atoms with E-state index in [9.17, 15) is 4.79 Å². The van der Waals surface area contributed by atoms with Crippen LogP contribution in [-0.4, -0.2) is 11.2 Å². The summed E-state index contributed by atoms with van der Waals surface area (Å²) in [6.45, 7) is 1.89. The Labute approximate surface area is 80.7 Å². The van der Waals surface area contributed by atoms with Crippen molar-refractivity contribution in [3.63, 3.8) is 0 Å². The smallest absolute Gasteiger partial charge is 0.237 e. The molecule has 2 rings (SSSR count). The van der Waals surface area contributed by atoms with Gasteiger partial charge in [-0.15, -0.1) is 11.8 Å². The van der Waals surface area contributed by atoms with Crippen LogP contribution >= 0.6 is 11.8 Å². The van der Waals surface area contributed by atoms with Crippen molar-refractivity contribution in [2.45, 2.75) is 17.1 Å². The first-order valence-corrected chi connectivity index (χ1v) is 4.92. The molecule has 1 unspecified atom stereocenters. The molecule has 3 N–H and O–H groups in total. The zero-order chi connectivity index (χ0) is 9.42. The van der Waals surface area contributed by atoms with Crippen LogP contribution in [0.15, 0.2) is 23.1 Å². The van der Waals surface area contributed by atoms with Gasteiger partial charge in [0.25, 0.3) is 0 Å². The third-order valence-corrected chi connectivity index (χ3v) is 3.11. The Morgan fingerprint density at radius 1 is 1.54 bits per heavy atom. The molecule has 68 valence electrons. The average molecular weight is 194 g/mol. The number of nitrogens with one attached hydrogen (secondary N) is 1. The van der Waals surface area contributed by atoms with Gasteiger partial charge >= 0.3 is 0 Å². The molecule has 0 fully saturated rings. The number of anilines is 2. The minimum atomic E-state index is -0.0175. The van der Waals surface area contributed by atoms with Crippen LogP contribution in [0.3, 0.4) is 0 Å². The summed E-state index contributed by atoms with van der Waals surface area (Å²) in [5, 5.41) is 2.79. The topological polar surface area (TPSA) is 55.1 Å². The van der Waals surface area contributed by atoms with Crippen LogP contribution in [0.25, 0.3) is 0 Å². The molecule has 0 aliphatic carbocycles. The van der Waals surface area contributed by atoms with Crippen molar-refractivity contribution in [2.24, 2.45) is 0 Å². The van der Waals surface area contributed by atoms with Gasteiger partial charge in [-0.05, 0) is 25.1 Å². The van der Waals surface area contributed by atoms with E-state index in [1.54, 1.807) is 17.8 Å². The number of carbonyl (C=O) groups is 1. The summed E-state index contributed by atoms with van der Waals surface area (Å²) in [7, 11) is 0. The van der Waals surface area contributed by atoms with Gasteiger partial charge < -0.3 is 11.1 Å². The second-order valence-electron chi connectivity index (χ2n) is 3.00. The van der Waals surface area contributed by atoms with Gasteiger partial charge in [0, 0.05) is 10.6 Å². The number of carbonyl (C=O) groups excluding carboxylic acids is 1. The van der Waals surface area contributed by atoms with Crippen molar-refractivity contribution in [3.05, 3.63) is 18.2 Å². The van der Waals surface area contributed by atoms with E-state index in [4.69, 9.17) is 5.73 Å². The Morgan fingerprint density at radius 3 is 3.08 bits per heavy atom. The molecule has 3 nitrogen and oxygen atoms in total. The summed E-state index contributed by atoms with van der Waals surface area (Å²) in [5.41, 5.74) is 7.10. The number of nitrogen functional groups attached to an aromatic ring is 1. The molecule has 0 spiro atoms. The lowest BCUT2D eigenvalue weighted by Crippen LogP contribution is -2.26. The highest BCUT2D eigenvalue weighted by atomic mass is 32.2. The summed E-state index contributed by atoms with van der Waals surface area (Å²) < 4.78 is 0. The van der Waals surface area contributed by atoms with Crippen LogP contribution in [0, 0.1) is 0 Å². The summed E-state index contributed by atoms with van der Waals surface area (Å²) in [5.74, 6) is 0.0445. The molecule has 1 aromatic rings. The van der Waals surface area contributed by atoms with Crippen LogP contribution in [-0.2, 0) is 4.79 Å². The predicted octanol–water partition coefficient (Wildman–Crippen LogP) is 1.70. The van der Waals surface area contributed by atoms with Gasteiger partial charge in [-0.25, -0.2) is 0 Å². The van der Waals surface area contributed by atoms with Crippen LogP contribution in [0.1, 0.15) is 6.92 Å². The Kier molecular flexibility index (Phi) is 1.92. The van der Waals surface area contributed by atoms with E-state index in [1.165, 1.54) is 0 Å². The maximum atomic E-state index is 11.3. The standard InChI is InChI=1S/C9H10N2OS/c1-5-9(12)11-7-4-6(10)2-3-8(7)13-5/h2-5H,10H2,1H3,(H,11,12). The van der Waals surface area contributed by atoms with E-state index >= 15 is 0 Å². The van der Waals surface area contributed by atoms with E-state index in [0.717, 1.165) is 10.6 Å². The minimum Gasteiger partial charge on any atom is -0.399 e. The fourth-order valence-corrected chi connectivity index (χ4v) is 2.16. The van der Waals surface area contributed by atoms with Gasteiger partial charge in [-0.3, -0.25) is 4.79 Å². The number of hydrogen-bond donors (Lipinski definition) is 2. The first kappa shape index (κ1) is 8.44. The molecule has 1 atom stereocenters. The average Bonchev–Trinajstić information content (AvgIpc) is 2.08. The lowest BCUT2D eigenvalue weighted by Gasteiger charge is -2.21. The van der Waals surface area contributed by atoms with E-state index in [1.807, 2.05) is 19.1 Å². The molecule has 0 saturated heterocycles. The lowest BCUT2D eigenvalue weighted by molar-refractivity contribution is -0.115. The predicted molar refractivity (Wildman–Crippen MR) is 54.8 cm³/mol. The summed E-state index contributed by atoms with van der Waals surface area (Å²) in [6.07, 6.45) is 0. The second-order valence-corrected chi connectivity index (χ2v) is 4.39. The van der Waals surface area contributed by atoms with Gasteiger partial charge in [0.15, 0.2) is 0 Å². The molecule has 1 heterocycles. The zero-order valence-electron chi connectivity index (χ0n) is 7.20. The number of thioether (sulfide) groups is 1. The van der Waals surface area contributed by atoms with Crippen molar-refractivity contribution in [2.75, 3.05) is 11.1 Å². The largest absolute Gasteiger partial charge is 0.399 e. The molecule has 13 heavy (non-hydrogen) atoms. The zero-order valence-corrected chi connectivity index (χ0v) is 8.02. The number of benzene rings is 1. The van der Waals surface area contributed by atoms with E-state index in [2.05, 4.69) is 5.32 Å². The van der Waals surface area contributed by atoms with Crippen molar-refractivity contribution >= 4 is 29.0 Å². The highest BCUT2D eigenvalue weighted by Crippen LogP contribution is 2.36. The first-order chi connectivity index (χ1) is 6.16. The van der Waals surface area contributed by atoms with Gasteiger partial charge in [0.05, 0.1) is 10.9 Å². The van der Waals surface area contributed by atoms with Crippen molar-refractivity contribution in [1.29, 1.82) is 0 Å². The number of fused-ring (bicyclic) bond motifs is 1. The normalized spacial score (nSPS) is 20.7. The molecule has 0 saturated carbocycles. The van der Waals surface area contributed by atoms with Crippen molar-refractivity contribution < 1.29 is 4.79 Å². The van der Waals surface area contributed by atoms with Crippen LogP contribution < -0.4 is 11.1 Å². The highest BCUT2D eigenvalue weighted by Gasteiger charge is 2.22. The Morgan fingerprint density at radius 2 is 2.31 bits per heavy atom. The van der Waals surface area contributed by atoms with Gasteiger partial charge in [-0.1, -0.05) is 0 Å². The minimum absolute atomic E-state index is 0.0175. The Hall–Kier alpha value is -1.16. The first-order valence-electron chi connectivity index (χ1n) is 4.04. The fourth-order valence-electron chi connectivity index (χ4n) is 1.23. The monoisotopic (exact) mass is 194 g/mol. The van der Waals surface area contributed by atoms with E-state index < -0.39 is 0 Å². The number of rotatable bonds is 0. The molecule has 1 aliphatic rings. The Bertz CT molecular complexity index is 365. The van der Waals surface area contributed by atoms with Crippen LogP contribution in [0.5, 0.6) is 0 Å². The van der Waals surface area contributed by atoms with E-state index in [0.29, 0.717) is 5.69 Å². The van der Waals surface area contributed by atoms with E-state index in [-0.39, 0.29) is 11.2 Å². The SMILES string of the molecule is CC1Sc2ccc(N)cc2NC1=O. The van der Waals surface area contributed by atoms with Crippen LogP contribution in [0.2, 0.25) is 0 Å². The lowest BCUT2D eigenvalue weighted by atomic mass is 10.2. The van der Waals surface area contributed by atoms with Crippen molar-refractivity contribution in [1.82, 2.24) is 0 Å². The van der Waals surface area contributed by atoms with Gasteiger partial charge in [-0.2, -0.15) is 0 Å². The highest BCUT2D eigenvalue weighted by molar-refractivity contribution is 8.00. The maximum absolute atomic E-state index is 11.3. The molecule has 1 aromatic carbocycles. The quantitative estimate of drug-likeness (QED) is 0.618. The number of amides is 1. The third kappa shape index (κ3) is 1.49. The molecule has 0 aromatic heterocycles. The number of hydrogen-bond acceptors (Lipinski definition) is 3. The molecular weight excluding hydrogens is 184 g/mol. The number of nitrogens with two attached hydrogens (primary N) is 1. The molecular formula is C9H10N2OS. The van der Waals surface area contributed by atoms with Gasteiger partial charge in [0.1, 0.15) is 0 Å². The molecule has 0 radical (unpaired) electrons. The Balaban J connectivity index is 2.42. The molecule has 1 amide bonds. The summed E-state index contributed by atoms with van der Waals surface area (Å²) in [4.78, 5) is 12.4. The summed E-state index contributed by atoms with van der Waals surface area (Å²) >= 11 is 1.56. The fraction of sp³-hybridized carbons (Fsp3) is 0.222.